The van der Waals surface area contributed by atoms with E-state index < -0.39 is 23.9 Å². The lowest BCUT2D eigenvalue weighted by Crippen LogP contribution is -2.20. The first-order valence-corrected chi connectivity index (χ1v) is 9.37. The number of nitrogens with two attached hydrogens (primary N) is 1. The Morgan fingerprint density at radius 3 is 2.38 bits per heavy atom. The molecule has 2 N–H and O–H groups in total. The third kappa shape index (κ3) is 7.29. The van der Waals surface area contributed by atoms with Gasteiger partial charge in [-0.15, -0.1) is 0 Å². The van der Waals surface area contributed by atoms with Crippen LogP contribution in [0.5, 0.6) is 5.75 Å². The largest absolute Gasteiger partial charge is 0.484 e. The standard InChI is InChI=1S/C20H19Cl2NO6/c1-2-27-19(25)10-17(13-6-14(21)9-15(22)7-13)29-20(26)12-4-3-5-16(8-12)28-11-18(23)24/h3-9,17H,2,10-11H2,1H3,(H2,23,24). The van der Waals surface area contributed by atoms with E-state index >= 15 is 0 Å². The van der Waals surface area contributed by atoms with Crippen LogP contribution in [0.15, 0.2) is 42.5 Å². The van der Waals surface area contributed by atoms with Gasteiger partial charge in [-0.05, 0) is 48.9 Å². The zero-order chi connectivity index (χ0) is 21.4. The van der Waals surface area contributed by atoms with Gasteiger partial charge in [-0.2, -0.15) is 0 Å². The Hall–Kier alpha value is -2.77. The molecule has 0 saturated heterocycles. The average molecular weight is 440 g/mol. The molecule has 2 aromatic carbocycles. The molecule has 0 aliphatic carbocycles. The van der Waals surface area contributed by atoms with Crippen molar-refractivity contribution in [2.45, 2.75) is 19.4 Å². The van der Waals surface area contributed by atoms with Gasteiger partial charge in [0.15, 0.2) is 6.61 Å². The highest BCUT2D eigenvalue weighted by Crippen LogP contribution is 2.29. The number of benzene rings is 2. The van der Waals surface area contributed by atoms with Crippen LogP contribution in [0, 0.1) is 0 Å². The van der Waals surface area contributed by atoms with Crippen LogP contribution in [0.1, 0.15) is 35.4 Å². The van der Waals surface area contributed by atoms with Crippen molar-refractivity contribution in [2.75, 3.05) is 13.2 Å². The van der Waals surface area contributed by atoms with Gasteiger partial charge in [-0.3, -0.25) is 9.59 Å². The molecule has 0 aromatic heterocycles. The molecule has 7 nitrogen and oxygen atoms in total. The van der Waals surface area contributed by atoms with Crippen molar-refractivity contribution in [3.63, 3.8) is 0 Å². The van der Waals surface area contributed by atoms with E-state index in [1.54, 1.807) is 31.2 Å². The fourth-order valence-electron chi connectivity index (χ4n) is 2.42. The van der Waals surface area contributed by atoms with Gasteiger partial charge in [0, 0.05) is 10.0 Å². The highest BCUT2D eigenvalue weighted by molar-refractivity contribution is 6.34. The predicted molar refractivity (Wildman–Crippen MR) is 107 cm³/mol. The van der Waals surface area contributed by atoms with Crippen LogP contribution in [0.2, 0.25) is 10.0 Å². The van der Waals surface area contributed by atoms with E-state index in [-0.39, 0.29) is 30.9 Å². The molecule has 0 radical (unpaired) electrons. The molecule has 0 aliphatic rings. The molecule has 2 aromatic rings. The van der Waals surface area contributed by atoms with Gasteiger partial charge in [0.2, 0.25) is 0 Å². The van der Waals surface area contributed by atoms with Gasteiger partial charge in [0.25, 0.3) is 5.91 Å². The first-order valence-electron chi connectivity index (χ1n) is 8.62. The third-order valence-electron chi connectivity index (χ3n) is 3.61. The Balaban J connectivity index is 2.23. The van der Waals surface area contributed by atoms with E-state index in [0.29, 0.717) is 15.6 Å². The Labute approximate surface area is 177 Å². The molecule has 0 spiro atoms. The summed E-state index contributed by atoms with van der Waals surface area (Å²) in [5.41, 5.74) is 5.65. The molecule has 1 amide bonds. The number of primary amides is 1. The van der Waals surface area contributed by atoms with Crippen molar-refractivity contribution in [2.24, 2.45) is 5.73 Å². The summed E-state index contributed by atoms with van der Waals surface area (Å²) in [7, 11) is 0. The summed E-state index contributed by atoms with van der Waals surface area (Å²) in [6.45, 7) is 1.53. The van der Waals surface area contributed by atoms with Gasteiger partial charge >= 0.3 is 11.9 Å². The fourth-order valence-corrected chi connectivity index (χ4v) is 2.97. The maximum atomic E-state index is 12.6. The number of hydrogen-bond donors (Lipinski definition) is 1. The summed E-state index contributed by atoms with van der Waals surface area (Å²) in [6, 6.07) is 10.7. The van der Waals surface area contributed by atoms with Crippen LogP contribution in [0.3, 0.4) is 0 Å². The lowest BCUT2D eigenvalue weighted by atomic mass is 10.1. The minimum absolute atomic E-state index is 0.161. The van der Waals surface area contributed by atoms with Crippen molar-refractivity contribution in [1.82, 2.24) is 0 Å². The molecular weight excluding hydrogens is 421 g/mol. The van der Waals surface area contributed by atoms with Gasteiger partial charge in [0.05, 0.1) is 18.6 Å². The highest BCUT2D eigenvalue weighted by Gasteiger charge is 2.23. The number of hydrogen-bond acceptors (Lipinski definition) is 6. The Morgan fingerprint density at radius 2 is 1.76 bits per heavy atom. The molecule has 1 unspecified atom stereocenters. The van der Waals surface area contributed by atoms with E-state index in [0.717, 1.165) is 0 Å². The van der Waals surface area contributed by atoms with Gasteiger partial charge < -0.3 is 19.9 Å². The summed E-state index contributed by atoms with van der Waals surface area (Å²) in [6.07, 6.45) is -1.18. The molecular formula is C20H19Cl2NO6. The van der Waals surface area contributed by atoms with Crippen LogP contribution in [0.25, 0.3) is 0 Å². The van der Waals surface area contributed by atoms with E-state index in [4.69, 9.17) is 43.1 Å². The minimum Gasteiger partial charge on any atom is -0.484 e. The molecule has 1 atom stereocenters. The number of carbonyl (C=O) groups excluding carboxylic acids is 3. The second-order valence-corrected chi connectivity index (χ2v) is 6.76. The lowest BCUT2D eigenvalue weighted by molar-refractivity contribution is -0.145. The molecule has 2 rings (SSSR count). The third-order valence-corrected chi connectivity index (χ3v) is 4.05. The second kappa shape index (κ2) is 10.7. The fraction of sp³-hybridized carbons (Fsp3) is 0.250. The Morgan fingerprint density at radius 1 is 1.07 bits per heavy atom. The first-order chi connectivity index (χ1) is 13.8. The van der Waals surface area contributed by atoms with Gasteiger partial charge in [-0.1, -0.05) is 29.3 Å². The molecule has 0 bridgehead atoms. The van der Waals surface area contributed by atoms with Crippen molar-refractivity contribution in [3.8, 4) is 5.75 Å². The summed E-state index contributed by atoms with van der Waals surface area (Å²) < 4.78 is 15.7. The number of amides is 1. The van der Waals surface area contributed by atoms with Crippen LogP contribution in [0.4, 0.5) is 0 Å². The summed E-state index contributed by atoms with van der Waals surface area (Å²) in [5.74, 6) is -1.63. The molecule has 154 valence electrons. The van der Waals surface area contributed by atoms with Crippen molar-refractivity contribution < 1.29 is 28.6 Å². The smallest absolute Gasteiger partial charge is 0.338 e. The Bertz CT molecular complexity index is 882. The summed E-state index contributed by atoms with van der Waals surface area (Å²) in [4.78, 5) is 35.5. The van der Waals surface area contributed by atoms with E-state index in [9.17, 15) is 14.4 Å². The molecule has 0 heterocycles. The maximum Gasteiger partial charge on any atom is 0.338 e. The van der Waals surface area contributed by atoms with Crippen LogP contribution in [-0.2, 0) is 19.1 Å². The van der Waals surface area contributed by atoms with Crippen LogP contribution >= 0.6 is 23.2 Å². The minimum atomic E-state index is -0.965. The summed E-state index contributed by atoms with van der Waals surface area (Å²) in [5, 5.41) is 0.665. The predicted octanol–water partition coefficient (Wildman–Crippen LogP) is 3.71. The number of halogens is 2. The Kier molecular flexibility index (Phi) is 8.30. The highest BCUT2D eigenvalue weighted by atomic mass is 35.5. The monoisotopic (exact) mass is 439 g/mol. The molecule has 0 saturated carbocycles. The first kappa shape index (κ1) is 22.5. The number of carbonyl (C=O) groups is 3. The van der Waals surface area contributed by atoms with E-state index in [1.807, 2.05) is 0 Å². The van der Waals surface area contributed by atoms with Crippen molar-refractivity contribution in [3.05, 3.63) is 63.6 Å². The number of ether oxygens (including phenoxy) is 3. The van der Waals surface area contributed by atoms with Crippen molar-refractivity contribution in [1.29, 1.82) is 0 Å². The van der Waals surface area contributed by atoms with Gasteiger partial charge in [-0.25, -0.2) is 4.79 Å². The zero-order valence-corrected chi connectivity index (χ0v) is 17.0. The topological polar surface area (TPSA) is 105 Å². The zero-order valence-electron chi connectivity index (χ0n) is 15.5. The molecule has 9 heteroatoms. The van der Waals surface area contributed by atoms with Gasteiger partial charge in [0.1, 0.15) is 11.9 Å². The average Bonchev–Trinajstić information content (AvgIpc) is 2.65. The number of esters is 2. The molecule has 29 heavy (non-hydrogen) atoms. The quantitative estimate of drug-likeness (QED) is 0.596. The van der Waals surface area contributed by atoms with Crippen LogP contribution < -0.4 is 10.5 Å². The van der Waals surface area contributed by atoms with E-state index in [1.165, 1.54) is 18.2 Å². The molecule has 0 aliphatic heterocycles. The normalized spacial score (nSPS) is 11.4. The molecule has 0 fully saturated rings. The summed E-state index contributed by atoms with van der Waals surface area (Å²) >= 11 is 12.1. The van der Waals surface area contributed by atoms with E-state index in [2.05, 4.69) is 0 Å². The lowest BCUT2D eigenvalue weighted by Gasteiger charge is -2.18. The van der Waals surface area contributed by atoms with Crippen molar-refractivity contribution >= 4 is 41.0 Å². The maximum absolute atomic E-state index is 12.6. The second-order valence-electron chi connectivity index (χ2n) is 5.89. The van der Waals surface area contributed by atoms with Crippen LogP contribution in [-0.4, -0.2) is 31.1 Å². The number of rotatable bonds is 9. The SMILES string of the molecule is CCOC(=O)CC(OC(=O)c1cccc(OCC(N)=O)c1)c1cc(Cl)cc(Cl)c1.